The van der Waals surface area contributed by atoms with E-state index < -0.39 is 0 Å². The highest BCUT2D eigenvalue weighted by atomic mass is 19.1. The zero-order chi connectivity index (χ0) is 20.1. The third-order valence-corrected chi connectivity index (χ3v) is 6.55. The van der Waals surface area contributed by atoms with Crippen LogP contribution < -0.4 is 0 Å². The van der Waals surface area contributed by atoms with Crippen LogP contribution in [0.4, 0.5) is 4.39 Å². The first kappa shape index (κ1) is 20.1. The van der Waals surface area contributed by atoms with Gasteiger partial charge in [0.25, 0.3) is 0 Å². The molecule has 2 heterocycles. The number of carbonyl (C=O) groups is 1. The van der Waals surface area contributed by atoms with Crippen LogP contribution in [0.2, 0.25) is 0 Å². The Balaban J connectivity index is 1.34. The molecule has 2 fully saturated rings. The van der Waals surface area contributed by atoms with Crippen molar-refractivity contribution >= 4 is 5.91 Å². The summed E-state index contributed by atoms with van der Waals surface area (Å²) in [6.45, 7) is 1.70. The first-order valence-electron chi connectivity index (χ1n) is 11.1. The minimum absolute atomic E-state index is 0.206. The molecule has 1 aromatic heterocycles. The van der Waals surface area contributed by atoms with Crippen LogP contribution in [0.25, 0.3) is 0 Å². The summed E-state index contributed by atoms with van der Waals surface area (Å²) in [5.41, 5.74) is 3.29. The van der Waals surface area contributed by atoms with Crippen molar-refractivity contribution in [1.29, 1.82) is 0 Å². The fourth-order valence-corrected chi connectivity index (χ4v) is 4.83. The van der Waals surface area contributed by atoms with E-state index >= 15 is 0 Å². The van der Waals surface area contributed by atoms with E-state index in [4.69, 9.17) is 4.98 Å². The number of hydrogen-bond donors (Lipinski definition) is 0. The van der Waals surface area contributed by atoms with Gasteiger partial charge in [0.1, 0.15) is 5.82 Å². The van der Waals surface area contributed by atoms with Gasteiger partial charge in [-0.2, -0.15) is 0 Å². The van der Waals surface area contributed by atoms with Crippen LogP contribution in [0, 0.1) is 11.7 Å². The molecule has 29 heavy (non-hydrogen) atoms. The molecule has 1 amide bonds. The number of likely N-dealkylation sites (tertiary alicyclic amines) is 1. The fraction of sp³-hybridized carbons (Fsp3) is 0.520. The lowest BCUT2D eigenvalue weighted by molar-refractivity contribution is -0.133. The minimum Gasteiger partial charge on any atom is -0.342 e. The molecule has 1 aliphatic carbocycles. The molecule has 4 heteroatoms. The normalized spacial score (nSPS) is 20.6. The maximum Gasteiger partial charge on any atom is 0.222 e. The Morgan fingerprint density at radius 3 is 2.45 bits per heavy atom. The molecule has 1 aliphatic heterocycles. The van der Waals surface area contributed by atoms with E-state index in [9.17, 15) is 9.18 Å². The summed E-state index contributed by atoms with van der Waals surface area (Å²) in [7, 11) is 0. The largest absolute Gasteiger partial charge is 0.342 e. The zero-order valence-electron chi connectivity index (χ0n) is 17.2. The molecule has 0 unspecified atom stereocenters. The number of nitrogens with zero attached hydrogens (tertiary/aromatic N) is 2. The van der Waals surface area contributed by atoms with Crippen molar-refractivity contribution in [3.8, 4) is 0 Å². The van der Waals surface area contributed by atoms with Crippen molar-refractivity contribution in [3.63, 3.8) is 0 Å². The van der Waals surface area contributed by atoms with Gasteiger partial charge < -0.3 is 4.90 Å². The molecule has 0 bridgehead atoms. The highest BCUT2D eigenvalue weighted by molar-refractivity contribution is 5.76. The first-order valence-corrected chi connectivity index (χ1v) is 11.1. The highest BCUT2D eigenvalue weighted by Gasteiger charge is 2.27. The second kappa shape index (κ2) is 9.51. The Bertz CT molecular complexity index is 797. The van der Waals surface area contributed by atoms with Crippen LogP contribution in [0.3, 0.4) is 0 Å². The summed E-state index contributed by atoms with van der Waals surface area (Å²) in [6, 6.07) is 10.9. The average Bonchev–Trinajstić information content (AvgIpc) is 2.77. The Morgan fingerprint density at radius 1 is 0.966 bits per heavy atom. The second-order valence-electron chi connectivity index (χ2n) is 8.78. The Hall–Kier alpha value is -2.23. The molecule has 154 valence electrons. The summed E-state index contributed by atoms with van der Waals surface area (Å²) in [5.74, 6) is 1.07. The number of rotatable bonds is 5. The summed E-state index contributed by atoms with van der Waals surface area (Å²) in [6.07, 6.45) is 11.9. The van der Waals surface area contributed by atoms with E-state index in [1.54, 1.807) is 0 Å². The van der Waals surface area contributed by atoms with Crippen molar-refractivity contribution in [3.05, 3.63) is 65.2 Å². The van der Waals surface area contributed by atoms with E-state index in [-0.39, 0.29) is 5.82 Å². The number of benzene rings is 1. The molecule has 1 aromatic carbocycles. The topological polar surface area (TPSA) is 33.2 Å². The van der Waals surface area contributed by atoms with Crippen molar-refractivity contribution in [2.75, 3.05) is 13.1 Å². The van der Waals surface area contributed by atoms with Crippen LogP contribution >= 0.6 is 0 Å². The summed E-state index contributed by atoms with van der Waals surface area (Å²) in [5, 5.41) is 0. The first-order chi connectivity index (χ1) is 14.2. The van der Waals surface area contributed by atoms with E-state index in [0.717, 1.165) is 55.6 Å². The molecule has 0 N–H and O–H groups in total. The summed E-state index contributed by atoms with van der Waals surface area (Å²) >= 11 is 0. The molecule has 1 saturated heterocycles. The quantitative estimate of drug-likeness (QED) is 0.672. The third-order valence-electron chi connectivity index (χ3n) is 6.55. The van der Waals surface area contributed by atoms with Gasteiger partial charge in [-0.15, -0.1) is 0 Å². The van der Waals surface area contributed by atoms with E-state index in [1.807, 2.05) is 18.3 Å². The zero-order valence-corrected chi connectivity index (χ0v) is 17.2. The van der Waals surface area contributed by atoms with Gasteiger partial charge in [-0.05, 0) is 67.3 Å². The molecule has 1 atom stereocenters. The minimum atomic E-state index is -0.206. The highest BCUT2D eigenvalue weighted by Crippen LogP contribution is 2.30. The van der Waals surface area contributed by atoms with E-state index in [2.05, 4.69) is 17.0 Å². The van der Waals surface area contributed by atoms with Gasteiger partial charge in [-0.25, -0.2) is 4.39 Å². The maximum atomic E-state index is 13.1. The van der Waals surface area contributed by atoms with Gasteiger partial charge in [0, 0.05) is 37.3 Å². The predicted molar refractivity (Wildman–Crippen MR) is 113 cm³/mol. The van der Waals surface area contributed by atoms with Crippen LogP contribution in [-0.4, -0.2) is 28.9 Å². The Morgan fingerprint density at radius 2 is 1.72 bits per heavy atom. The van der Waals surface area contributed by atoms with Gasteiger partial charge in [-0.3, -0.25) is 9.78 Å². The lowest BCUT2D eigenvalue weighted by Crippen LogP contribution is -2.40. The number of carbonyl (C=O) groups excluding carboxylic acids is 1. The molecule has 0 spiro atoms. The van der Waals surface area contributed by atoms with Gasteiger partial charge in [0.15, 0.2) is 0 Å². The van der Waals surface area contributed by atoms with Crippen LogP contribution in [0.5, 0.6) is 0 Å². The van der Waals surface area contributed by atoms with Crippen molar-refractivity contribution in [1.82, 2.24) is 9.88 Å². The van der Waals surface area contributed by atoms with Crippen molar-refractivity contribution in [2.45, 2.75) is 63.7 Å². The number of piperidine rings is 1. The fourth-order valence-electron chi connectivity index (χ4n) is 4.83. The molecule has 3 nitrogen and oxygen atoms in total. The monoisotopic (exact) mass is 394 g/mol. The van der Waals surface area contributed by atoms with Crippen LogP contribution in [0.15, 0.2) is 42.6 Å². The van der Waals surface area contributed by atoms with Gasteiger partial charge in [0.2, 0.25) is 5.91 Å². The summed E-state index contributed by atoms with van der Waals surface area (Å²) < 4.78 is 13.1. The van der Waals surface area contributed by atoms with E-state index in [0.29, 0.717) is 17.7 Å². The van der Waals surface area contributed by atoms with Crippen molar-refractivity contribution in [2.24, 2.45) is 5.92 Å². The Kier molecular flexibility index (Phi) is 6.58. The average molecular weight is 395 g/mol. The van der Waals surface area contributed by atoms with Crippen molar-refractivity contribution < 1.29 is 9.18 Å². The maximum absolute atomic E-state index is 13.1. The molecule has 1 saturated carbocycles. The third kappa shape index (κ3) is 5.43. The van der Waals surface area contributed by atoms with Gasteiger partial charge >= 0.3 is 0 Å². The van der Waals surface area contributed by atoms with Gasteiger partial charge in [0.05, 0.1) is 0 Å². The second-order valence-corrected chi connectivity index (χ2v) is 8.78. The van der Waals surface area contributed by atoms with Gasteiger partial charge in [-0.1, -0.05) is 37.5 Å². The number of hydrogen-bond acceptors (Lipinski definition) is 2. The molecule has 4 rings (SSSR count). The van der Waals surface area contributed by atoms with Crippen LogP contribution in [0.1, 0.15) is 74.1 Å². The number of amides is 1. The lowest BCUT2D eigenvalue weighted by Gasteiger charge is -2.34. The van der Waals surface area contributed by atoms with E-state index in [1.165, 1.54) is 44.2 Å². The molecular formula is C25H31FN2O. The smallest absolute Gasteiger partial charge is 0.222 e. The number of halogens is 1. The lowest BCUT2D eigenvalue weighted by atomic mass is 9.86. The molecule has 2 aliphatic rings. The standard InChI is InChI=1S/C25H31FN2O/c26-23-11-8-20(9-12-23)15-21-10-13-24(27-17-21)22-7-4-14-28(18-22)25(29)16-19-5-2-1-3-6-19/h8-13,17,19,22H,1-7,14-16,18H2/t22-/m0/s1. The van der Waals surface area contributed by atoms with Crippen LogP contribution in [-0.2, 0) is 11.2 Å². The SMILES string of the molecule is O=C(CC1CCCCC1)N1CCC[C@H](c2ccc(Cc3ccc(F)cc3)cn2)C1. The number of pyridine rings is 1. The predicted octanol–water partition coefficient (Wildman–Crippen LogP) is 5.49. The summed E-state index contributed by atoms with van der Waals surface area (Å²) in [4.78, 5) is 19.6. The molecular weight excluding hydrogens is 363 g/mol. The molecule has 0 radical (unpaired) electrons. The number of aromatic nitrogens is 1. The Labute approximate surface area is 173 Å². The molecule has 2 aromatic rings.